The predicted octanol–water partition coefficient (Wildman–Crippen LogP) is 2.08. The van der Waals surface area contributed by atoms with Crippen LogP contribution in [-0.2, 0) is 5.33 Å². The zero-order valence-corrected chi connectivity index (χ0v) is 8.18. The molecule has 0 saturated heterocycles. The van der Waals surface area contributed by atoms with Crippen LogP contribution in [0.3, 0.4) is 0 Å². The van der Waals surface area contributed by atoms with Gasteiger partial charge in [0.25, 0.3) is 6.43 Å². The zero-order chi connectivity index (χ0) is 10.0. The van der Waals surface area contributed by atoms with E-state index >= 15 is 0 Å². The highest BCUT2D eigenvalue weighted by atomic mass is 79.9. The van der Waals surface area contributed by atoms with Crippen LogP contribution < -0.4 is 11.5 Å². The molecule has 1 heterocycles. The molecular formula is C7H8BrF2N3. The molecule has 0 unspecified atom stereocenters. The lowest BCUT2D eigenvalue weighted by atomic mass is 10.2. The average Bonchev–Trinajstić information content (AvgIpc) is 2.09. The van der Waals surface area contributed by atoms with Gasteiger partial charge in [-0.1, -0.05) is 15.9 Å². The highest BCUT2D eigenvalue weighted by molar-refractivity contribution is 9.08. The Kier molecular flexibility index (Phi) is 3.02. The Hall–Kier alpha value is -0.910. The van der Waals surface area contributed by atoms with Crippen LogP contribution in [0.4, 0.5) is 20.2 Å². The van der Waals surface area contributed by atoms with Crippen molar-refractivity contribution in [2.24, 2.45) is 0 Å². The monoisotopic (exact) mass is 251 g/mol. The maximum Gasteiger partial charge on any atom is 0.282 e. The molecule has 0 saturated carbocycles. The first-order chi connectivity index (χ1) is 6.07. The topological polar surface area (TPSA) is 64.9 Å². The second kappa shape index (κ2) is 3.87. The second-order valence-corrected chi connectivity index (χ2v) is 2.99. The molecule has 1 aromatic heterocycles. The Labute approximate surface area is 82.3 Å². The van der Waals surface area contributed by atoms with Crippen molar-refractivity contribution < 1.29 is 8.78 Å². The molecule has 0 bridgehead atoms. The lowest BCUT2D eigenvalue weighted by Gasteiger charge is -2.09. The quantitative estimate of drug-likeness (QED) is 0.792. The van der Waals surface area contributed by atoms with Crippen molar-refractivity contribution in [1.82, 2.24) is 4.98 Å². The molecule has 0 spiro atoms. The van der Waals surface area contributed by atoms with E-state index in [9.17, 15) is 8.78 Å². The summed E-state index contributed by atoms with van der Waals surface area (Å²) in [5.74, 6) is 0. The van der Waals surface area contributed by atoms with Gasteiger partial charge in [0.05, 0.1) is 11.4 Å². The molecule has 0 aliphatic rings. The van der Waals surface area contributed by atoms with Gasteiger partial charge in [-0.15, -0.1) is 0 Å². The Bertz CT molecular complexity index is 317. The standard InChI is InChI=1S/C7H8BrF2N3/c8-1-3-2-13-6(7(9)10)5(12)4(3)11/h2,7H,1,12H2,(H2,11,13). The van der Waals surface area contributed by atoms with Gasteiger partial charge in [-0.05, 0) is 0 Å². The number of aromatic nitrogens is 1. The normalized spacial score (nSPS) is 10.8. The van der Waals surface area contributed by atoms with E-state index in [0.717, 1.165) is 0 Å². The number of nitrogens with two attached hydrogens (primary N) is 2. The molecule has 0 aromatic carbocycles. The van der Waals surface area contributed by atoms with E-state index in [0.29, 0.717) is 10.9 Å². The molecule has 0 atom stereocenters. The van der Waals surface area contributed by atoms with Gasteiger partial charge in [0.2, 0.25) is 0 Å². The molecule has 1 aromatic rings. The van der Waals surface area contributed by atoms with Gasteiger partial charge in [-0.2, -0.15) is 0 Å². The molecule has 1 rings (SSSR count). The summed E-state index contributed by atoms with van der Waals surface area (Å²) >= 11 is 3.14. The van der Waals surface area contributed by atoms with Crippen LogP contribution in [0.15, 0.2) is 6.20 Å². The third-order valence-corrected chi connectivity index (χ3v) is 2.23. The minimum absolute atomic E-state index is 0.132. The minimum atomic E-state index is -2.69. The van der Waals surface area contributed by atoms with Gasteiger partial charge in [0.1, 0.15) is 5.69 Å². The summed E-state index contributed by atoms with van der Waals surface area (Å²) in [7, 11) is 0. The summed E-state index contributed by atoms with van der Waals surface area (Å²) < 4.78 is 24.5. The molecule has 0 amide bonds. The predicted molar refractivity (Wildman–Crippen MR) is 50.6 cm³/mol. The van der Waals surface area contributed by atoms with Gasteiger partial charge < -0.3 is 11.5 Å². The van der Waals surface area contributed by atoms with Gasteiger partial charge in [-0.25, -0.2) is 8.78 Å². The second-order valence-electron chi connectivity index (χ2n) is 2.43. The number of hydrogen-bond acceptors (Lipinski definition) is 3. The number of alkyl halides is 3. The van der Waals surface area contributed by atoms with Gasteiger partial charge in [0.15, 0.2) is 0 Å². The van der Waals surface area contributed by atoms with Crippen molar-refractivity contribution in [3.63, 3.8) is 0 Å². The van der Waals surface area contributed by atoms with Crippen molar-refractivity contribution in [3.05, 3.63) is 17.5 Å². The Morgan fingerprint density at radius 2 is 2.00 bits per heavy atom. The van der Waals surface area contributed by atoms with Crippen LogP contribution in [0.5, 0.6) is 0 Å². The van der Waals surface area contributed by atoms with Crippen LogP contribution in [0.2, 0.25) is 0 Å². The third kappa shape index (κ3) is 1.88. The number of halogens is 3. The Balaban J connectivity index is 3.23. The maximum atomic E-state index is 12.2. The first kappa shape index (κ1) is 10.2. The van der Waals surface area contributed by atoms with Gasteiger partial charge >= 0.3 is 0 Å². The molecule has 6 heteroatoms. The largest absolute Gasteiger partial charge is 0.397 e. The van der Waals surface area contributed by atoms with Gasteiger partial charge in [0, 0.05) is 17.1 Å². The summed E-state index contributed by atoms with van der Waals surface area (Å²) in [5, 5.41) is 0.444. The Morgan fingerprint density at radius 3 is 2.46 bits per heavy atom. The van der Waals surface area contributed by atoms with Crippen LogP contribution >= 0.6 is 15.9 Å². The molecule has 13 heavy (non-hydrogen) atoms. The lowest BCUT2D eigenvalue weighted by Crippen LogP contribution is -2.05. The van der Waals surface area contributed by atoms with E-state index in [-0.39, 0.29) is 11.4 Å². The molecule has 0 aliphatic carbocycles. The van der Waals surface area contributed by atoms with Crippen molar-refractivity contribution in [2.75, 3.05) is 11.5 Å². The van der Waals surface area contributed by atoms with E-state index in [1.165, 1.54) is 6.20 Å². The number of rotatable bonds is 2. The lowest BCUT2D eigenvalue weighted by molar-refractivity contribution is 0.147. The van der Waals surface area contributed by atoms with E-state index < -0.39 is 12.1 Å². The van der Waals surface area contributed by atoms with Gasteiger partial charge in [-0.3, -0.25) is 4.98 Å². The third-order valence-electron chi connectivity index (χ3n) is 1.62. The average molecular weight is 252 g/mol. The van der Waals surface area contributed by atoms with Crippen LogP contribution in [0.25, 0.3) is 0 Å². The highest BCUT2D eigenvalue weighted by Gasteiger charge is 2.16. The smallest absolute Gasteiger partial charge is 0.282 e. The van der Waals surface area contributed by atoms with Crippen LogP contribution in [0.1, 0.15) is 17.7 Å². The SMILES string of the molecule is Nc1c(CBr)cnc(C(F)F)c1N. The van der Waals surface area contributed by atoms with Crippen molar-refractivity contribution in [2.45, 2.75) is 11.8 Å². The first-order valence-corrected chi connectivity index (χ1v) is 4.57. The summed E-state index contributed by atoms with van der Waals surface area (Å²) in [6.07, 6.45) is -1.39. The summed E-state index contributed by atoms with van der Waals surface area (Å²) in [6.45, 7) is 0. The summed E-state index contributed by atoms with van der Waals surface area (Å²) in [4.78, 5) is 3.52. The van der Waals surface area contributed by atoms with E-state index in [2.05, 4.69) is 20.9 Å². The molecule has 0 radical (unpaired) electrons. The highest BCUT2D eigenvalue weighted by Crippen LogP contribution is 2.30. The first-order valence-electron chi connectivity index (χ1n) is 3.44. The van der Waals surface area contributed by atoms with E-state index in [1.807, 2.05) is 0 Å². The Morgan fingerprint density at radius 1 is 1.38 bits per heavy atom. The van der Waals surface area contributed by atoms with Crippen molar-refractivity contribution in [3.8, 4) is 0 Å². The minimum Gasteiger partial charge on any atom is -0.397 e. The fraction of sp³-hybridized carbons (Fsp3) is 0.286. The molecule has 4 N–H and O–H groups in total. The van der Waals surface area contributed by atoms with E-state index in [1.54, 1.807) is 0 Å². The fourth-order valence-corrected chi connectivity index (χ4v) is 1.32. The fourth-order valence-electron chi connectivity index (χ4n) is 0.878. The molecule has 72 valence electrons. The van der Waals surface area contributed by atoms with Crippen LogP contribution in [0, 0.1) is 0 Å². The summed E-state index contributed by atoms with van der Waals surface area (Å²) in [6, 6.07) is 0. The molecule has 0 aliphatic heterocycles. The van der Waals surface area contributed by atoms with Crippen LogP contribution in [-0.4, -0.2) is 4.98 Å². The number of pyridine rings is 1. The number of nitrogen functional groups attached to an aromatic ring is 2. The zero-order valence-electron chi connectivity index (χ0n) is 6.60. The number of nitrogens with zero attached hydrogens (tertiary/aromatic N) is 1. The van der Waals surface area contributed by atoms with E-state index in [4.69, 9.17) is 11.5 Å². The molecular weight excluding hydrogens is 244 g/mol. The maximum absolute atomic E-state index is 12.2. The number of anilines is 2. The van der Waals surface area contributed by atoms with Crippen molar-refractivity contribution in [1.29, 1.82) is 0 Å². The number of hydrogen-bond donors (Lipinski definition) is 2. The van der Waals surface area contributed by atoms with Crippen molar-refractivity contribution >= 4 is 27.3 Å². The summed E-state index contributed by atoms with van der Waals surface area (Å²) in [5.41, 5.74) is 11.1. The molecule has 0 fully saturated rings. The molecule has 3 nitrogen and oxygen atoms in total.